The standard InChI is InChI=1S/C13H11ClN2O2/c14-10-9-7-1-3-15-13(17)11(7)16-8(9)5-6-2-4-18-12(6)10/h5,16H,1-4H2,(H,15,17). The molecule has 0 bridgehead atoms. The smallest absolute Gasteiger partial charge is 0.268 e. The van der Waals surface area contributed by atoms with Crippen LogP contribution in [0.2, 0.25) is 5.02 Å². The van der Waals surface area contributed by atoms with Crippen LogP contribution >= 0.6 is 11.6 Å². The van der Waals surface area contributed by atoms with Crippen LogP contribution in [0.4, 0.5) is 0 Å². The van der Waals surface area contributed by atoms with Crippen LogP contribution < -0.4 is 10.1 Å². The highest BCUT2D eigenvalue weighted by Gasteiger charge is 2.27. The number of fused-ring (bicyclic) bond motifs is 4. The van der Waals surface area contributed by atoms with E-state index in [2.05, 4.69) is 16.4 Å². The first-order chi connectivity index (χ1) is 8.75. The van der Waals surface area contributed by atoms with E-state index >= 15 is 0 Å². The predicted molar refractivity (Wildman–Crippen MR) is 68.5 cm³/mol. The highest BCUT2D eigenvalue weighted by molar-refractivity contribution is 6.37. The molecule has 92 valence electrons. The number of nitrogens with one attached hydrogen (secondary N) is 2. The summed E-state index contributed by atoms with van der Waals surface area (Å²) in [5.74, 6) is 0.738. The van der Waals surface area contributed by atoms with Crippen molar-refractivity contribution < 1.29 is 9.53 Å². The molecule has 0 unspecified atom stereocenters. The molecule has 0 spiro atoms. The number of aromatic amines is 1. The van der Waals surface area contributed by atoms with Gasteiger partial charge in [-0.1, -0.05) is 11.6 Å². The summed E-state index contributed by atoms with van der Waals surface area (Å²) in [6, 6.07) is 2.05. The van der Waals surface area contributed by atoms with E-state index in [-0.39, 0.29) is 5.91 Å². The van der Waals surface area contributed by atoms with E-state index in [1.54, 1.807) is 0 Å². The maximum atomic E-state index is 11.8. The van der Waals surface area contributed by atoms with Crippen LogP contribution in [-0.2, 0) is 12.8 Å². The number of carbonyl (C=O) groups is 1. The fourth-order valence-electron chi connectivity index (χ4n) is 2.85. The van der Waals surface area contributed by atoms with Crippen molar-refractivity contribution in [2.45, 2.75) is 12.8 Å². The number of benzene rings is 1. The minimum Gasteiger partial charge on any atom is -0.491 e. The van der Waals surface area contributed by atoms with Gasteiger partial charge in [0.1, 0.15) is 11.4 Å². The summed E-state index contributed by atoms with van der Waals surface area (Å²) < 4.78 is 5.58. The summed E-state index contributed by atoms with van der Waals surface area (Å²) in [6.07, 6.45) is 1.68. The van der Waals surface area contributed by atoms with E-state index in [1.807, 2.05) is 0 Å². The zero-order valence-electron chi connectivity index (χ0n) is 9.60. The van der Waals surface area contributed by atoms with Gasteiger partial charge in [-0.05, 0) is 18.1 Å². The van der Waals surface area contributed by atoms with Gasteiger partial charge in [0.2, 0.25) is 0 Å². The molecule has 0 fully saturated rings. The quantitative estimate of drug-likeness (QED) is 0.763. The zero-order valence-corrected chi connectivity index (χ0v) is 10.4. The van der Waals surface area contributed by atoms with E-state index in [9.17, 15) is 4.79 Å². The van der Waals surface area contributed by atoms with Gasteiger partial charge >= 0.3 is 0 Å². The van der Waals surface area contributed by atoms with Gasteiger partial charge < -0.3 is 15.0 Å². The lowest BCUT2D eigenvalue weighted by Crippen LogP contribution is -2.31. The Balaban J connectivity index is 2.10. The third-order valence-corrected chi connectivity index (χ3v) is 4.03. The van der Waals surface area contributed by atoms with Crippen LogP contribution in [0.5, 0.6) is 5.75 Å². The molecule has 5 heteroatoms. The Labute approximate surface area is 108 Å². The second-order valence-corrected chi connectivity index (χ2v) is 5.06. The molecular weight excluding hydrogens is 252 g/mol. The summed E-state index contributed by atoms with van der Waals surface area (Å²) in [5.41, 5.74) is 3.71. The summed E-state index contributed by atoms with van der Waals surface area (Å²) in [5, 5.41) is 4.42. The number of rotatable bonds is 0. The van der Waals surface area contributed by atoms with Crippen LogP contribution in [0.25, 0.3) is 10.9 Å². The van der Waals surface area contributed by atoms with Gasteiger partial charge in [-0.25, -0.2) is 0 Å². The van der Waals surface area contributed by atoms with Crippen molar-refractivity contribution in [1.29, 1.82) is 0 Å². The van der Waals surface area contributed by atoms with Crippen molar-refractivity contribution in [3.05, 3.63) is 27.9 Å². The highest BCUT2D eigenvalue weighted by Crippen LogP contribution is 2.42. The average Bonchev–Trinajstić information content (AvgIpc) is 2.94. The Hall–Kier alpha value is -1.68. The molecule has 0 aliphatic carbocycles. The molecular formula is C13H11ClN2O2. The summed E-state index contributed by atoms with van der Waals surface area (Å²) >= 11 is 6.44. The minimum absolute atomic E-state index is 0.0513. The van der Waals surface area contributed by atoms with Crippen molar-refractivity contribution in [3.63, 3.8) is 0 Å². The van der Waals surface area contributed by atoms with E-state index < -0.39 is 0 Å². The lowest BCUT2D eigenvalue weighted by Gasteiger charge is -2.12. The molecule has 1 amide bonds. The summed E-state index contributed by atoms with van der Waals surface area (Å²) in [4.78, 5) is 15.0. The molecule has 2 aromatic rings. The fraction of sp³-hybridized carbons (Fsp3) is 0.308. The molecule has 0 atom stereocenters. The Kier molecular flexibility index (Phi) is 1.95. The Morgan fingerprint density at radius 3 is 3.11 bits per heavy atom. The topological polar surface area (TPSA) is 54.1 Å². The van der Waals surface area contributed by atoms with Gasteiger partial charge in [0.25, 0.3) is 5.91 Å². The van der Waals surface area contributed by atoms with Gasteiger partial charge in [0.05, 0.1) is 11.6 Å². The molecule has 2 N–H and O–H groups in total. The zero-order chi connectivity index (χ0) is 12.3. The van der Waals surface area contributed by atoms with Crippen LogP contribution in [0.15, 0.2) is 6.07 Å². The third-order valence-electron chi connectivity index (χ3n) is 3.67. The van der Waals surface area contributed by atoms with E-state index in [0.29, 0.717) is 23.9 Å². The number of halogens is 1. The van der Waals surface area contributed by atoms with Crippen LogP contribution in [-0.4, -0.2) is 24.0 Å². The molecule has 1 aromatic heterocycles. The van der Waals surface area contributed by atoms with Gasteiger partial charge in [-0.3, -0.25) is 4.79 Å². The maximum absolute atomic E-state index is 11.8. The summed E-state index contributed by atoms with van der Waals surface area (Å²) in [6.45, 7) is 1.34. The van der Waals surface area contributed by atoms with Crippen molar-refractivity contribution in [1.82, 2.24) is 10.3 Å². The largest absolute Gasteiger partial charge is 0.491 e. The Bertz CT molecular complexity index is 690. The molecule has 1 aromatic carbocycles. The number of ether oxygens (including phenoxy) is 1. The normalized spacial score (nSPS) is 17.3. The number of amides is 1. The Morgan fingerprint density at radius 1 is 1.33 bits per heavy atom. The first-order valence-electron chi connectivity index (χ1n) is 6.02. The number of hydrogen-bond donors (Lipinski definition) is 2. The molecule has 4 rings (SSSR count). The van der Waals surface area contributed by atoms with Crippen molar-refractivity contribution >= 4 is 28.4 Å². The monoisotopic (exact) mass is 262 g/mol. The van der Waals surface area contributed by atoms with Gasteiger partial charge in [-0.2, -0.15) is 0 Å². The highest BCUT2D eigenvalue weighted by atomic mass is 35.5. The van der Waals surface area contributed by atoms with E-state index in [0.717, 1.165) is 40.6 Å². The molecule has 3 heterocycles. The lowest BCUT2D eigenvalue weighted by molar-refractivity contribution is 0.0942. The second kappa shape index (κ2) is 3.42. The van der Waals surface area contributed by atoms with E-state index in [1.165, 1.54) is 0 Å². The van der Waals surface area contributed by atoms with E-state index in [4.69, 9.17) is 16.3 Å². The van der Waals surface area contributed by atoms with Crippen molar-refractivity contribution in [2.75, 3.05) is 13.2 Å². The number of carbonyl (C=O) groups excluding carboxylic acids is 1. The fourth-order valence-corrected chi connectivity index (χ4v) is 3.24. The molecule has 18 heavy (non-hydrogen) atoms. The number of H-pyrrole nitrogens is 1. The predicted octanol–water partition coefficient (Wildman–Crippen LogP) is 2.04. The molecule has 4 nitrogen and oxygen atoms in total. The first-order valence-corrected chi connectivity index (χ1v) is 6.40. The van der Waals surface area contributed by atoms with Crippen molar-refractivity contribution in [2.24, 2.45) is 0 Å². The molecule has 0 saturated carbocycles. The molecule has 0 saturated heterocycles. The van der Waals surface area contributed by atoms with Gasteiger partial charge in [0, 0.05) is 29.4 Å². The molecule has 2 aliphatic heterocycles. The van der Waals surface area contributed by atoms with Crippen LogP contribution in [0.1, 0.15) is 21.6 Å². The Morgan fingerprint density at radius 2 is 2.22 bits per heavy atom. The van der Waals surface area contributed by atoms with Crippen LogP contribution in [0.3, 0.4) is 0 Å². The maximum Gasteiger partial charge on any atom is 0.268 e. The molecule has 2 aliphatic rings. The van der Waals surface area contributed by atoms with Crippen molar-refractivity contribution in [3.8, 4) is 5.75 Å². The minimum atomic E-state index is -0.0513. The molecule has 0 radical (unpaired) electrons. The number of hydrogen-bond acceptors (Lipinski definition) is 2. The SMILES string of the molecule is O=C1NCCc2c1[nH]c1cc3c(c(Cl)c21)OCC3. The van der Waals surface area contributed by atoms with Crippen LogP contribution in [0, 0.1) is 0 Å². The summed E-state index contributed by atoms with van der Waals surface area (Å²) in [7, 11) is 0. The second-order valence-electron chi connectivity index (χ2n) is 4.68. The number of aromatic nitrogens is 1. The van der Waals surface area contributed by atoms with Gasteiger partial charge in [-0.15, -0.1) is 0 Å². The van der Waals surface area contributed by atoms with Gasteiger partial charge in [0.15, 0.2) is 0 Å². The first kappa shape index (κ1) is 10.3. The lowest BCUT2D eigenvalue weighted by atomic mass is 10.0. The average molecular weight is 263 g/mol. The third kappa shape index (κ3) is 1.18.